The highest BCUT2D eigenvalue weighted by atomic mass is 16.6. The number of nitrogen functional groups attached to an aromatic ring is 1. The summed E-state index contributed by atoms with van der Waals surface area (Å²) in [7, 11) is 3.67. The molecule has 12 nitrogen and oxygen atoms in total. The maximum atomic E-state index is 12.0. The molecule has 4 atom stereocenters. The second-order valence-corrected chi connectivity index (χ2v) is 7.44. The molecule has 0 amide bonds. The van der Waals surface area contributed by atoms with Crippen molar-refractivity contribution in [3.8, 4) is 0 Å². The number of nitrogens with two attached hydrogens (primary N) is 1. The minimum absolute atomic E-state index is 0.239. The summed E-state index contributed by atoms with van der Waals surface area (Å²) in [6.07, 6.45) is 1.93. The van der Waals surface area contributed by atoms with Crippen molar-refractivity contribution in [2.75, 3.05) is 46.1 Å². The Morgan fingerprint density at radius 3 is 2.37 bits per heavy atom. The van der Waals surface area contributed by atoms with E-state index in [1.807, 2.05) is 39.8 Å². The van der Waals surface area contributed by atoms with Crippen LogP contribution in [0.4, 0.5) is 5.82 Å². The lowest BCUT2D eigenvalue weighted by atomic mass is 9.87. The van der Waals surface area contributed by atoms with E-state index in [2.05, 4.69) is 30.9 Å². The zero-order valence-corrected chi connectivity index (χ0v) is 18.2. The number of anilines is 1. The van der Waals surface area contributed by atoms with Gasteiger partial charge in [-0.25, -0.2) is 15.0 Å². The Morgan fingerprint density at radius 1 is 1.13 bits per heavy atom. The van der Waals surface area contributed by atoms with Gasteiger partial charge in [0.2, 0.25) is 5.85 Å². The van der Waals surface area contributed by atoms with E-state index in [1.54, 1.807) is 10.9 Å². The van der Waals surface area contributed by atoms with E-state index in [0.717, 1.165) is 0 Å². The van der Waals surface area contributed by atoms with Crippen molar-refractivity contribution in [2.24, 2.45) is 0 Å². The van der Waals surface area contributed by atoms with Crippen LogP contribution in [-0.2, 0) is 10.6 Å². The molecule has 12 heteroatoms. The van der Waals surface area contributed by atoms with Gasteiger partial charge >= 0.3 is 0 Å². The average Bonchev–Trinajstić information content (AvgIpc) is 3.22. The largest absolute Gasteiger partial charge is 0.393 e. The first-order chi connectivity index (χ1) is 14.3. The highest BCUT2D eigenvalue weighted by Gasteiger charge is 2.76. The lowest BCUT2D eigenvalue weighted by Crippen LogP contribution is -2.84. The molecule has 1 saturated heterocycles. The fourth-order valence-corrected chi connectivity index (χ4v) is 4.67. The molecule has 168 valence electrons. The summed E-state index contributed by atoms with van der Waals surface area (Å²) in [6, 6.07) is 0. The first-order valence-corrected chi connectivity index (χ1v) is 10.2. The van der Waals surface area contributed by atoms with E-state index in [1.165, 1.54) is 6.33 Å². The third kappa shape index (κ3) is 2.83. The first kappa shape index (κ1) is 22.7. The fraction of sp³-hybridized carbons (Fsp3) is 0.722. The normalized spacial score (nSPS) is 31.8. The molecular weight excluding hydrogens is 390 g/mol. The van der Waals surface area contributed by atoms with E-state index in [0.29, 0.717) is 30.8 Å². The summed E-state index contributed by atoms with van der Waals surface area (Å²) >= 11 is 0. The Hall–Kier alpha value is -1.93. The van der Waals surface area contributed by atoms with Gasteiger partial charge in [0.1, 0.15) is 24.3 Å². The molecule has 0 aliphatic carbocycles. The number of likely N-dealkylation sites (N-methyl/N-ethyl adjacent to an activating group) is 4. The first-order valence-electron chi connectivity index (χ1n) is 10.2. The van der Waals surface area contributed by atoms with Gasteiger partial charge in [-0.2, -0.15) is 0 Å². The van der Waals surface area contributed by atoms with Crippen LogP contribution in [0, 0.1) is 0 Å². The predicted octanol–water partition coefficient (Wildman–Crippen LogP) is -1.82. The number of nitrogens with zero attached hydrogens (tertiary/aromatic N) is 5. The van der Waals surface area contributed by atoms with Gasteiger partial charge in [-0.1, -0.05) is 20.8 Å². The minimum Gasteiger partial charge on any atom is -0.393 e. The Kier molecular flexibility index (Phi) is 6.30. The highest BCUT2D eigenvalue weighted by molar-refractivity contribution is 5.81. The van der Waals surface area contributed by atoms with Gasteiger partial charge in [0.15, 0.2) is 22.9 Å². The van der Waals surface area contributed by atoms with Crippen LogP contribution in [0.2, 0.25) is 0 Å². The number of imidazole rings is 1. The molecule has 0 unspecified atom stereocenters. The zero-order valence-electron chi connectivity index (χ0n) is 18.2. The molecule has 0 radical (unpaired) electrons. The summed E-state index contributed by atoms with van der Waals surface area (Å²) < 4.78 is 8.17. The standard InChI is InChI=1S/C18H33N9O3/c1-6-23-16(29)12(9-28)30-18(25-8-3,17(16,24-7-2)26(4)5)27-11-22-13-14(19)20-10-21-15(13)27/h10-12,23-25,28-29H,6-9H2,1-5H3,(H2,19,20,21)/t12-,16-,17-,18+/m1/s1. The molecule has 1 aliphatic rings. The lowest BCUT2D eigenvalue weighted by molar-refractivity contribution is -0.201. The van der Waals surface area contributed by atoms with Crippen molar-refractivity contribution in [3.05, 3.63) is 12.7 Å². The fourth-order valence-electron chi connectivity index (χ4n) is 4.67. The van der Waals surface area contributed by atoms with Gasteiger partial charge in [0.05, 0.1) is 6.61 Å². The van der Waals surface area contributed by atoms with Crippen LogP contribution >= 0.6 is 0 Å². The number of aliphatic hydroxyl groups is 2. The molecule has 7 N–H and O–H groups in total. The third-order valence-electron chi connectivity index (χ3n) is 5.65. The average molecular weight is 424 g/mol. The SMILES string of the molecule is CCN[C@@]1(N(C)C)[C@@](O)(NCC)[C@@H](CO)O[C@@]1(NCC)n1cnc2c(N)ncnc21. The van der Waals surface area contributed by atoms with Gasteiger partial charge < -0.3 is 20.7 Å². The molecule has 1 fully saturated rings. The van der Waals surface area contributed by atoms with Crippen molar-refractivity contribution in [3.63, 3.8) is 0 Å². The Labute approximate surface area is 175 Å². The van der Waals surface area contributed by atoms with Crippen LogP contribution in [0.25, 0.3) is 11.2 Å². The van der Waals surface area contributed by atoms with Crippen LogP contribution in [0.3, 0.4) is 0 Å². The predicted molar refractivity (Wildman–Crippen MR) is 112 cm³/mol. The molecule has 3 rings (SSSR count). The smallest absolute Gasteiger partial charge is 0.242 e. The number of nitrogens with one attached hydrogen (secondary N) is 3. The van der Waals surface area contributed by atoms with Crippen LogP contribution in [0.1, 0.15) is 20.8 Å². The molecule has 0 bridgehead atoms. The quantitative estimate of drug-likeness (QED) is 0.252. The van der Waals surface area contributed by atoms with Crippen molar-refractivity contribution < 1.29 is 14.9 Å². The number of hydrogen-bond donors (Lipinski definition) is 6. The summed E-state index contributed by atoms with van der Waals surface area (Å²) in [5, 5.41) is 32.2. The van der Waals surface area contributed by atoms with E-state index in [4.69, 9.17) is 10.5 Å². The van der Waals surface area contributed by atoms with E-state index in [9.17, 15) is 10.2 Å². The zero-order chi connectivity index (χ0) is 22.2. The maximum absolute atomic E-state index is 12.0. The minimum atomic E-state index is -1.69. The molecule has 2 aromatic heterocycles. The van der Waals surface area contributed by atoms with Gasteiger partial charge in [-0.3, -0.25) is 25.4 Å². The van der Waals surface area contributed by atoms with Gasteiger partial charge in [0.25, 0.3) is 0 Å². The van der Waals surface area contributed by atoms with Crippen LogP contribution < -0.4 is 21.7 Å². The Balaban J connectivity index is 2.41. The molecule has 1 aliphatic heterocycles. The summed E-state index contributed by atoms with van der Waals surface area (Å²) in [4.78, 5) is 14.6. The molecule has 0 aromatic carbocycles. The molecular formula is C18H33N9O3. The molecule has 2 aromatic rings. The third-order valence-corrected chi connectivity index (χ3v) is 5.65. The number of rotatable bonds is 9. The molecule has 30 heavy (non-hydrogen) atoms. The van der Waals surface area contributed by atoms with E-state index >= 15 is 0 Å². The van der Waals surface area contributed by atoms with Gasteiger partial charge in [-0.05, 0) is 33.7 Å². The number of ether oxygens (including phenoxy) is 1. The molecule has 3 heterocycles. The van der Waals surface area contributed by atoms with Crippen LogP contribution in [0.5, 0.6) is 0 Å². The Bertz CT molecular complexity index is 878. The highest BCUT2D eigenvalue weighted by Crippen LogP contribution is 2.49. The Morgan fingerprint density at radius 2 is 1.80 bits per heavy atom. The van der Waals surface area contributed by atoms with E-state index in [-0.39, 0.29) is 5.82 Å². The monoisotopic (exact) mass is 423 g/mol. The topological polar surface area (TPSA) is 159 Å². The summed E-state index contributed by atoms with van der Waals surface area (Å²) in [5.74, 6) is -1.18. The maximum Gasteiger partial charge on any atom is 0.242 e. The number of hydrogen-bond acceptors (Lipinski definition) is 11. The van der Waals surface area contributed by atoms with Gasteiger partial charge in [0, 0.05) is 0 Å². The number of fused-ring (bicyclic) bond motifs is 1. The van der Waals surface area contributed by atoms with Crippen LogP contribution in [0.15, 0.2) is 12.7 Å². The van der Waals surface area contributed by atoms with Gasteiger partial charge in [-0.15, -0.1) is 0 Å². The second-order valence-electron chi connectivity index (χ2n) is 7.44. The van der Waals surface area contributed by atoms with Crippen molar-refractivity contribution in [1.82, 2.24) is 40.4 Å². The summed E-state index contributed by atoms with van der Waals surface area (Å²) in [6.45, 7) is 6.77. The number of aromatic nitrogens is 4. The molecule has 0 saturated carbocycles. The summed E-state index contributed by atoms with van der Waals surface area (Å²) in [5.41, 5.74) is 3.89. The van der Waals surface area contributed by atoms with Crippen molar-refractivity contribution >= 4 is 17.0 Å². The van der Waals surface area contributed by atoms with Crippen molar-refractivity contribution in [2.45, 2.75) is 44.1 Å². The van der Waals surface area contributed by atoms with Crippen LogP contribution in [-0.4, -0.2) is 92.5 Å². The molecule has 0 spiro atoms. The number of aliphatic hydroxyl groups excluding tert-OH is 1. The van der Waals surface area contributed by atoms with E-state index < -0.39 is 29.9 Å². The lowest BCUT2D eigenvalue weighted by Gasteiger charge is -2.54. The second kappa shape index (κ2) is 8.30. The van der Waals surface area contributed by atoms with Crippen molar-refractivity contribution in [1.29, 1.82) is 0 Å².